The molecule has 1 fully saturated rings. The molecule has 1 atom stereocenters. The van der Waals surface area contributed by atoms with Gasteiger partial charge in [0.1, 0.15) is 0 Å². The summed E-state index contributed by atoms with van der Waals surface area (Å²) in [5.74, 6) is 0. The first kappa shape index (κ1) is 12.1. The normalized spacial score (nSPS) is 20.6. The topological polar surface area (TPSA) is 15.3 Å². The highest BCUT2D eigenvalue weighted by atomic mass is 15.2. The quantitative estimate of drug-likeness (QED) is 0.800. The molecule has 1 aromatic carbocycles. The molecule has 2 heteroatoms. The SMILES string of the molecule is CC.CN1CCC(Nc2ccccc2)C1. The van der Waals surface area contributed by atoms with Crippen LogP contribution in [0.2, 0.25) is 0 Å². The van der Waals surface area contributed by atoms with Crippen molar-refractivity contribution in [2.45, 2.75) is 26.3 Å². The Kier molecular flexibility index (Phi) is 5.19. The maximum absolute atomic E-state index is 3.53. The van der Waals surface area contributed by atoms with Crippen LogP contribution in [0.1, 0.15) is 20.3 Å². The molecule has 1 unspecified atom stereocenters. The van der Waals surface area contributed by atoms with Crippen molar-refractivity contribution in [2.75, 3.05) is 25.5 Å². The maximum atomic E-state index is 3.53. The lowest BCUT2D eigenvalue weighted by molar-refractivity contribution is 0.414. The van der Waals surface area contributed by atoms with Crippen LogP contribution in [0.4, 0.5) is 5.69 Å². The van der Waals surface area contributed by atoms with Crippen molar-refractivity contribution < 1.29 is 0 Å². The summed E-state index contributed by atoms with van der Waals surface area (Å²) in [6, 6.07) is 11.1. The number of nitrogens with zero attached hydrogens (tertiary/aromatic N) is 1. The molecule has 1 aliphatic rings. The summed E-state index contributed by atoms with van der Waals surface area (Å²) in [5.41, 5.74) is 1.24. The number of benzene rings is 1. The Morgan fingerprint density at radius 1 is 1.20 bits per heavy atom. The Bertz CT molecular complexity index is 258. The van der Waals surface area contributed by atoms with Gasteiger partial charge in [-0.2, -0.15) is 0 Å². The molecular weight excluding hydrogens is 184 g/mol. The summed E-state index contributed by atoms with van der Waals surface area (Å²) < 4.78 is 0. The number of para-hydroxylation sites is 1. The van der Waals surface area contributed by atoms with Crippen LogP contribution in [-0.2, 0) is 0 Å². The average molecular weight is 206 g/mol. The number of likely N-dealkylation sites (tertiary alicyclic amines) is 1. The monoisotopic (exact) mass is 206 g/mol. The van der Waals surface area contributed by atoms with Gasteiger partial charge in [0.15, 0.2) is 0 Å². The molecule has 84 valence electrons. The van der Waals surface area contributed by atoms with E-state index in [2.05, 4.69) is 41.5 Å². The molecule has 0 amide bonds. The van der Waals surface area contributed by atoms with E-state index in [4.69, 9.17) is 0 Å². The Labute approximate surface area is 93.3 Å². The van der Waals surface area contributed by atoms with E-state index in [1.807, 2.05) is 19.9 Å². The zero-order valence-corrected chi connectivity index (χ0v) is 10.0. The minimum absolute atomic E-state index is 0.632. The van der Waals surface area contributed by atoms with E-state index in [1.165, 1.54) is 18.7 Å². The van der Waals surface area contributed by atoms with E-state index in [-0.39, 0.29) is 0 Å². The minimum atomic E-state index is 0.632. The molecule has 2 rings (SSSR count). The van der Waals surface area contributed by atoms with Gasteiger partial charge in [0.25, 0.3) is 0 Å². The lowest BCUT2D eigenvalue weighted by atomic mass is 10.2. The van der Waals surface area contributed by atoms with Crippen molar-refractivity contribution >= 4 is 5.69 Å². The second kappa shape index (κ2) is 6.46. The average Bonchev–Trinajstić information content (AvgIpc) is 2.68. The van der Waals surface area contributed by atoms with E-state index < -0.39 is 0 Å². The number of hydrogen-bond donors (Lipinski definition) is 1. The van der Waals surface area contributed by atoms with Crippen LogP contribution in [0.15, 0.2) is 30.3 Å². The highest BCUT2D eigenvalue weighted by molar-refractivity contribution is 5.43. The third-order valence-electron chi connectivity index (χ3n) is 2.54. The van der Waals surface area contributed by atoms with Crippen LogP contribution < -0.4 is 5.32 Å². The molecule has 2 nitrogen and oxygen atoms in total. The van der Waals surface area contributed by atoms with Crippen molar-refractivity contribution in [2.24, 2.45) is 0 Å². The first-order chi connectivity index (χ1) is 7.34. The van der Waals surface area contributed by atoms with Crippen molar-refractivity contribution in [3.8, 4) is 0 Å². The molecule has 0 saturated carbocycles. The maximum Gasteiger partial charge on any atom is 0.0400 e. The van der Waals surface area contributed by atoms with E-state index >= 15 is 0 Å². The standard InChI is InChI=1S/C11H16N2.C2H6/c1-13-8-7-11(9-13)12-10-5-3-2-4-6-10;1-2/h2-6,11-12H,7-9H2,1H3;1-2H3. The summed E-state index contributed by atoms with van der Waals surface area (Å²) in [6.07, 6.45) is 1.26. The molecular formula is C13H22N2. The van der Waals surface area contributed by atoms with Crippen LogP contribution in [0.3, 0.4) is 0 Å². The second-order valence-corrected chi connectivity index (χ2v) is 3.76. The van der Waals surface area contributed by atoms with Gasteiger partial charge in [-0.3, -0.25) is 0 Å². The van der Waals surface area contributed by atoms with E-state index in [0.29, 0.717) is 6.04 Å². The van der Waals surface area contributed by atoms with Crippen molar-refractivity contribution in [3.63, 3.8) is 0 Å². The summed E-state index contributed by atoms with van der Waals surface area (Å²) in [7, 11) is 2.17. The van der Waals surface area contributed by atoms with Gasteiger partial charge in [0.2, 0.25) is 0 Å². The van der Waals surface area contributed by atoms with Gasteiger partial charge in [0.05, 0.1) is 0 Å². The minimum Gasteiger partial charge on any atom is -0.381 e. The molecule has 1 saturated heterocycles. The van der Waals surface area contributed by atoms with Gasteiger partial charge in [0, 0.05) is 18.3 Å². The molecule has 0 aromatic heterocycles. The highest BCUT2D eigenvalue weighted by Gasteiger charge is 2.18. The summed E-state index contributed by atoms with van der Waals surface area (Å²) in [5, 5.41) is 3.53. The van der Waals surface area contributed by atoms with Crippen molar-refractivity contribution in [3.05, 3.63) is 30.3 Å². The molecule has 1 N–H and O–H groups in total. The zero-order valence-electron chi connectivity index (χ0n) is 10.0. The Balaban J connectivity index is 0.000000531. The Morgan fingerprint density at radius 2 is 1.87 bits per heavy atom. The third kappa shape index (κ3) is 3.92. The van der Waals surface area contributed by atoms with Crippen LogP contribution in [-0.4, -0.2) is 31.1 Å². The van der Waals surface area contributed by atoms with Gasteiger partial charge in [-0.05, 0) is 32.1 Å². The van der Waals surface area contributed by atoms with E-state index in [1.54, 1.807) is 0 Å². The number of nitrogens with one attached hydrogen (secondary N) is 1. The number of rotatable bonds is 2. The van der Waals surface area contributed by atoms with Crippen molar-refractivity contribution in [1.82, 2.24) is 4.90 Å². The van der Waals surface area contributed by atoms with Crippen LogP contribution >= 0.6 is 0 Å². The van der Waals surface area contributed by atoms with Crippen LogP contribution in [0.5, 0.6) is 0 Å². The molecule has 0 aliphatic carbocycles. The van der Waals surface area contributed by atoms with E-state index in [0.717, 1.165) is 6.54 Å². The smallest absolute Gasteiger partial charge is 0.0400 e. The first-order valence-electron chi connectivity index (χ1n) is 5.85. The summed E-state index contributed by atoms with van der Waals surface area (Å²) in [4.78, 5) is 2.36. The van der Waals surface area contributed by atoms with Crippen LogP contribution in [0.25, 0.3) is 0 Å². The summed E-state index contributed by atoms with van der Waals surface area (Å²) >= 11 is 0. The molecule has 0 radical (unpaired) electrons. The van der Waals surface area contributed by atoms with Crippen molar-refractivity contribution in [1.29, 1.82) is 0 Å². The predicted octanol–water partition coefficient (Wildman–Crippen LogP) is 2.83. The predicted molar refractivity (Wildman–Crippen MR) is 67.3 cm³/mol. The van der Waals surface area contributed by atoms with Gasteiger partial charge in [-0.15, -0.1) is 0 Å². The second-order valence-electron chi connectivity index (χ2n) is 3.76. The Hall–Kier alpha value is -1.02. The zero-order chi connectivity index (χ0) is 11.1. The van der Waals surface area contributed by atoms with Gasteiger partial charge in [-0.25, -0.2) is 0 Å². The number of anilines is 1. The first-order valence-corrected chi connectivity index (χ1v) is 5.85. The fourth-order valence-electron chi connectivity index (χ4n) is 1.82. The lowest BCUT2D eigenvalue weighted by Gasteiger charge is -2.13. The van der Waals surface area contributed by atoms with Crippen LogP contribution in [0, 0.1) is 0 Å². The molecule has 0 bridgehead atoms. The molecule has 15 heavy (non-hydrogen) atoms. The number of hydrogen-bond acceptors (Lipinski definition) is 2. The van der Waals surface area contributed by atoms with Gasteiger partial charge in [-0.1, -0.05) is 32.0 Å². The summed E-state index contributed by atoms with van der Waals surface area (Å²) in [6.45, 7) is 6.37. The highest BCUT2D eigenvalue weighted by Crippen LogP contribution is 2.13. The lowest BCUT2D eigenvalue weighted by Crippen LogP contribution is -2.23. The molecule has 1 aromatic rings. The molecule has 0 spiro atoms. The number of likely N-dealkylation sites (N-methyl/N-ethyl adjacent to an activating group) is 1. The third-order valence-corrected chi connectivity index (χ3v) is 2.54. The molecule has 1 aliphatic heterocycles. The fourth-order valence-corrected chi connectivity index (χ4v) is 1.82. The Morgan fingerprint density at radius 3 is 2.40 bits per heavy atom. The van der Waals surface area contributed by atoms with Gasteiger partial charge < -0.3 is 10.2 Å². The van der Waals surface area contributed by atoms with Gasteiger partial charge >= 0.3 is 0 Å². The molecule has 1 heterocycles. The van der Waals surface area contributed by atoms with E-state index in [9.17, 15) is 0 Å². The fraction of sp³-hybridized carbons (Fsp3) is 0.538. The largest absolute Gasteiger partial charge is 0.381 e.